The number of nitro groups is 2. The molecule has 12 nitrogen and oxygen atoms in total. The van der Waals surface area contributed by atoms with Gasteiger partial charge in [-0.05, 0) is 36.4 Å². The number of nitro benzene ring substituents is 2. The predicted octanol–water partition coefficient (Wildman–Crippen LogP) is 3.22. The first kappa shape index (κ1) is 22.6. The van der Waals surface area contributed by atoms with Gasteiger partial charge in [-0.15, -0.1) is 0 Å². The van der Waals surface area contributed by atoms with Crippen LogP contribution in [0.2, 0.25) is 0 Å². The smallest absolute Gasteiger partial charge is 0.271 e. The maximum absolute atomic E-state index is 12.3. The number of hydrogen-bond acceptors (Lipinski definition) is 8. The van der Waals surface area contributed by atoms with Crippen LogP contribution in [0.15, 0.2) is 71.8 Å². The molecule has 166 valence electrons. The lowest BCUT2D eigenvalue weighted by atomic mass is 10.1. The number of nitrogens with one attached hydrogen (secondary N) is 2. The summed E-state index contributed by atoms with van der Waals surface area (Å²) < 4.78 is 0. The van der Waals surface area contributed by atoms with Gasteiger partial charge >= 0.3 is 0 Å². The van der Waals surface area contributed by atoms with Crippen LogP contribution in [0.1, 0.15) is 26.3 Å². The molecule has 3 aromatic carbocycles. The number of phenolic OH excluding ortho intramolecular Hbond substituents is 1. The Morgan fingerprint density at radius 3 is 2.18 bits per heavy atom. The first-order valence-electron chi connectivity index (χ1n) is 9.21. The van der Waals surface area contributed by atoms with E-state index in [2.05, 4.69) is 15.8 Å². The number of benzene rings is 3. The molecule has 12 heteroatoms. The second kappa shape index (κ2) is 9.78. The van der Waals surface area contributed by atoms with Gasteiger partial charge in [0.2, 0.25) is 0 Å². The molecule has 3 aromatic rings. The third-order valence-corrected chi connectivity index (χ3v) is 4.31. The fraction of sp³-hybridized carbons (Fsp3) is 0. The van der Waals surface area contributed by atoms with Crippen molar-refractivity contribution in [2.24, 2.45) is 5.10 Å². The van der Waals surface area contributed by atoms with Crippen molar-refractivity contribution in [1.82, 2.24) is 5.43 Å². The number of non-ortho nitro benzene ring substituents is 2. The molecule has 3 N–H and O–H groups in total. The van der Waals surface area contributed by atoms with E-state index in [4.69, 9.17) is 0 Å². The first-order chi connectivity index (χ1) is 15.7. The predicted molar refractivity (Wildman–Crippen MR) is 117 cm³/mol. The summed E-state index contributed by atoms with van der Waals surface area (Å²) in [5, 5.41) is 37.6. The molecule has 2 amide bonds. The van der Waals surface area contributed by atoms with Gasteiger partial charge in [-0.25, -0.2) is 5.43 Å². The van der Waals surface area contributed by atoms with Crippen molar-refractivity contribution >= 4 is 35.1 Å². The van der Waals surface area contributed by atoms with E-state index < -0.39 is 21.7 Å². The average Bonchev–Trinajstić information content (AvgIpc) is 2.80. The zero-order valence-electron chi connectivity index (χ0n) is 16.7. The Balaban J connectivity index is 1.66. The SMILES string of the molecule is O=C(N/N=C/c1cc([N+](=O)[O-])ccc1O)c1cccc(NC(=O)c2ccc([N+](=O)[O-])cc2)c1. The zero-order valence-corrected chi connectivity index (χ0v) is 16.7. The molecule has 0 aliphatic carbocycles. The molecule has 0 spiro atoms. The Morgan fingerprint density at radius 1 is 0.848 bits per heavy atom. The maximum atomic E-state index is 12.3. The lowest BCUT2D eigenvalue weighted by molar-refractivity contribution is -0.385. The van der Waals surface area contributed by atoms with Crippen LogP contribution in [0.25, 0.3) is 0 Å². The van der Waals surface area contributed by atoms with Crippen molar-refractivity contribution in [3.05, 3.63) is 104 Å². The summed E-state index contributed by atoms with van der Waals surface area (Å²) in [5.74, 6) is -1.42. The summed E-state index contributed by atoms with van der Waals surface area (Å²) in [5.41, 5.74) is 2.50. The second-order valence-electron chi connectivity index (χ2n) is 6.54. The van der Waals surface area contributed by atoms with Gasteiger partial charge in [-0.1, -0.05) is 6.07 Å². The number of hydrazone groups is 1. The number of anilines is 1. The third kappa shape index (κ3) is 5.73. The topological polar surface area (TPSA) is 177 Å². The molecule has 0 bridgehead atoms. The van der Waals surface area contributed by atoms with Gasteiger partial charge in [0.05, 0.1) is 16.1 Å². The van der Waals surface area contributed by atoms with Crippen molar-refractivity contribution < 1.29 is 24.5 Å². The lowest BCUT2D eigenvalue weighted by Crippen LogP contribution is -2.18. The summed E-state index contributed by atoms with van der Waals surface area (Å²) in [4.78, 5) is 45.0. The van der Waals surface area contributed by atoms with Crippen LogP contribution in [0, 0.1) is 20.2 Å². The minimum absolute atomic E-state index is 0.0358. The molecule has 0 heterocycles. The van der Waals surface area contributed by atoms with E-state index in [9.17, 15) is 34.9 Å². The molecule has 0 radical (unpaired) electrons. The summed E-state index contributed by atoms with van der Waals surface area (Å²) in [6, 6.07) is 14.3. The van der Waals surface area contributed by atoms with Crippen LogP contribution in [0.5, 0.6) is 5.75 Å². The number of hydrogen-bond donors (Lipinski definition) is 3. The zero-order chi connectivity index (χ0) is 24.0. The highest BCUT2D eigenvalue weighted by Gasteiger charge is 2.12. The highest BCUT2D eigenvalue weighted by atomic mass is 16.6. The van der Waals surface area contributed by atoms with Crippen LogP contribution in [0.4, 0.5) is 17.1 Å². The van der Waals surface area contributed by atoms with E-state index in [1.807, 2.05) is 0 Å². The molecule has 0 aliphatic heterocycles. The molecule has 0 saturated heterocycles. The van der Waals surface area contributed by atoms with Crippen molar-refractivity contribution in [3.63, 3.8) is 0 Å². The normalized spacial score (nSPS) is 10.5. The fourth-order valence-electron chi connectivity index (χ4n) is 2.66. The second-order valence-corrected chi connectivity index (χ2v) is 6.54. The van der Waals surface area contributed by atoms with E-state index in [0.29, 0.717) is 5.69 Å². The summed E-state index contributed by atoms with van der Waals surface area (Å²) in [7, 11) is 0. The highest BCUT2D eigenvalue weighted by Crippen LogP contribution is 2.21. The molecule has 0 saturated carbocycles. The van der Waals surface area contributed by atoms with E-state index in [-0.39, 0.29) is 33.8 Å². The number of phenols is 1. The van der Waals surface area contributed by atoms with Crippen molar-refractivity contribution in [2.75, 3.05) is 5.32 Å². The first-order valence-corrected chi connectivity index (χ1v) is 9.21. The van der Waals surface area contributed by atoms with E-state index >= 15 is 0 Å². The highest BCUT2D eigenvalue weighted by molar-refractivity contribution is 6.05. The van der Waals surface area contributed by atoms with E-state index in [1.54, 1.807) is 6.07 Å². The van der Waals surface area contributed by atoms with Gasteiger partial charge in [0.25, 0.3) is 23.2 Å². The molecule has 0 aliphatic rings. The van der Waals surface area contributed by atoms with Gasteiger partial charge < -0.3 is 10.4 Å². The minimum Gasteiger partial charge on any atom is -0.507 e. The Bertz CT molecular complexity index is 1270. The molecule has 33 heavy (non-hydrogen) atoms. The number of amides is 2. The third-order valence-electron chi connectivity index (χ3n) is 4.31. The van der Waals surface area contributed by atoms with Crippen molar-refractivity contribution in [3.8, 4) is 5.75 Å². The lowest BCUT2D eigenvalue weighted by Gasteiger charge is -2.07. The van der Waals surface area contributed by atoms with Crippen molar-refractivity contribution in [1.29, 1.82) is 0 Å². The summed E-state index contributed by atoms with van der Waals surface area (Å²) in [6.45, 7) is 0. The molecule has 0 aromatic heterocycles. The molecule has 0 fully saturated rings. The quantitative estimate of drug-likeness (QED) is 0.281. The van der Waals surface area contributed by atoms with Gasteiger partial charge in [0, 0.05) is 46.6 Å². The average molecular weight is 449 g/mol. The minimum atomic E-state index is -0.636. The van der Waals surface area contributed by atoms with Crippen LogP contribution >= 0.6 is 0 Å². The van der Waals surface area contributed by atoms with Crippen LogP contribution in [0.3, 0.4) is 0 Å². The standard InChI is InChI=1S/C21H15N5O7/c27-19-9-8-18(26(32)33)11-15(19)12-22-24-21(29)14-2-1-3-16(10-14)23-20(28)13-4-6-17(7-5-13)25(30)31/h1-12,27H,(H,23,28)(H,24,29)/b22-12+. The Labute approximate surface area is 185 Å². The van der Waals surface area contributed by atoms with Crippen LogP contribution in [-0.2, 0) is 0 Å². The monoisotopic (exact) mass is 449 g/mol. The molecular formula is C21H15N5O7. The number of carbonyl (C=O) groups is 2. The molecular weight excluding hydrogens is 434 g/mol. The summed E-state index contributed by atoms with van der Waals surface area (Å²) >= 11 is 0. The van der Waals surface area contributed by atoms with Crippen LogP contribution in [-0.4, -0.2) is 33.0 Å². The number of rotatable bonds is 7. The number of nitrogens with zero attached hydrogens (tertiary/aromatic N) is 3. The number of carbonyl (C=O) groups excluding carboxylic acids is 2. The maximum Gasteiger partial charge on any atom is 0.271 e. The van der Waals surface area contributed by atoms with Gasteiger partial charge in [0.1, 0.15) is 5.75 Å². The molecule has 0 unspecified atom stereocenters. The largest absolute Gasteiger partial charge is 0.507 e. The van der Waals surface area contributed by atoms with Crippen molar-refractivity contribution in [2.45, 2.75) is 0 Å². The fourth-order valence-corrected chi connectivity index (χ4v) is 2.66. The Morgan fingerprint density at radius 2 is 1.52 bits per heavy atom. The van der Waals surface area contributed by atoms with Crippen LogP contribution < -0.4 is 10.7 Å². The van der Waals surface area contributed by atoms with E-state index in [1.165, 1.54) is 42.5 Å². The van der Waals surface area contributed by atoms with Gasteiger partial charge in [-0.3, -0.25) is 29.8 Å². The molecule has 0 atom stereocenters. The molecule has 3 rings (SSSR count). The van der Waals surface area contributed by atoms with Gasteiger partial charge in [0.15, 0.2) is 0 Å². The van der Waals surface area contributed by atoms with Gasteiger partial charge in [-0.2, -0.15) is 5.10 Å². The number of aromatic hydroxyl groups is 1. The Hall–Kier alpha value is -5.13. The van der Waals surface area contributed by atoms with E-state index in [0.717, 1.165) is 24.4 Å². The summed E-state index contributed by atoms with van der Waals surface area (Å²) in [6.07, 6.45) is 1.06. The Kier molecular flexibility index (Phi) is 6.69.